The summed E-state index contributed by atoms with van der Waals surface area (Å²) in [7, 11) is 0. The van der Waals surface area contributed by atoms with Gasteiger partial charge in [0.15, 0.2) is 0 Å². The van der Waals surface area contributed by atoms with Crippen molar-refractivity contribution in [2.75, 3.05) is 0 Å². The van der Waals surface area contributed by atoms with Crippen LogP contribution in [0.15, 0.2) is 0 Å². The molecule has 0 nitrogen and oxygen atoms in total. The Labute approximate surface area is 107 Å². The molecule has 96 valence electrons. The van der Waals surface area contributed by atoms with Crippen LogP contribution < -0.4 is 0 Å². The highest BCUT2D eigenvalue weighted by Crippen LogP contribution is 2.32. The molecule has 0 aliphatic carbocycles. The van der Waals surface area contributed by atoms with Gasteiger partial charge in [-0.2, -0.15) is 0 Å². The zero-order valence-electron chi connectivity index (χ0n) is 12.9. The van der Waals surface area contributed by atoms with Gasteiger partial charge in [0.25, 0.3) is 0 Å². The molecular weight excluding hydrogens is 204 g/mol. The van der Waals surface area contributed by atoms with Crippen LogP contribution in [0.1, 0.15) is 61.1 Å². The van der Waals surface area contributed by atoms with Gasteiger partial charge >= 0.3 is 0 Å². The van der Waals surface area contributed by atoms with Gasteiger partial charge in [-0.3, -0.25) is 0 Å². The minimum atomic E-state index is 0.364. The van der Waals surface area contributed by atoms with E-state index in [2.05, 4.69) is 55.4 Å². The average molecular weight is 232 g/mol. The molecule has 0 bridgehead atoms. The van der Waals surface area contributed by atoms with E-state index in [1.54, 1.807) is 11.1 Å². The Morgan fingerprint density at radius 1 is 0.706 bits per heavy atom. The van der Waals surface area contributed by atoms with Crippen molar-refractivity contribution in [2.45, 2.75) is 68.2 Å². The second-order valence-corrected chi connectivity index (χ2v) is 6.55. The summed E-state index contributed by atoms with van der Waals surface area (Å²) in [6, 6.07) is 0. The molecular formula is C17H28. The van der Waals surface area contributed by atoms with Crippen LogP contribution in [0, 0.1) is 33.1 Å². The molecule has 0 unspecified atom stereocenters. The first kappa shape index (κ1) is 14.3. The zero-order chi connectivity index (χ0) is 13.4. The fourth-order valence-corrected chi connectivity index (χ4v) is 2.72. The predicted molar refractivity (Wildman–Crippen MR) is 77.9 cm³/mol. The Hall–Kier alpha value is -0.780. The predicted octanol–water partition coefficient (Wildman–Crippen LogP) is 5.07. The molecule has 0 N–H and O–H groups in total. The summed E-state index contributed by atoms with van der Waals surface area (Å²) in [6.45, 7) is 18.4. The van der Waals surface area contributed by atoms with Crippen LogP contribution in [0.2, 0.25) is 0 Å². The molecule has 1 aromatic rings. The van der Waals surface area contributed by atoms with Crippen molar-refractivity contribution in [2.24, 2.45) is 5.41 Å². The third-order valence-corrected chi connectivity index (χ3v) is 4.02. The Bertz CT molecular complexity index is 417. The topological polar surface area (TPSA) is 0 Å². The van der Waals surface area contributed by atoms with E-state index in [4.69, 9.17) is 0 Å². The SMILES string of the molecule is CCc1c(C)c(C)c(C)c(C)c1CC(C)(C)C. The highest BCUT2D eigenvalue weighted by atomic mass is 14.2. The monoisotopic (exact) mass is 232 g/mol. The lowest BCUT2D eigenvalue weighted by Gasteiger charge is -2.26. The van der Waals surface area contributed by atoms with Gasteiger partial charge in [-0.15, -0.1) is 0 Å². The molecule has 0 heterocycles. The normalized spacial score (nSPS) is 12.0. The molecule has 0 aliphatic heterocycles. The minimum absolute atomic E-state index is 0.364. The van der Waals surface area contributed by atoms with Crippen molar-refractivity contribution in [3.05, 3.63) is 33.4 Å². The molecule has 0 spiro atoms. The van der Waals surface area contributed by atoms with E-state index in [1.165, 1.54) is 28.7 Å². The molecule has 0 saturated carbocycles. The highest BCUT2D eigenvalue weighted by molar-refractivity contribution is 5.50. The maximum absolute atomic E-state index is 2.33. The van der Waals surface area contributed by atoms with Crippen LogP contribution in [-0.2, 0) is 12.8 Å². The van der Waals surface area contributed by atoms with Gasteiger partial charge in [-0.1, -0.05) is 27.7 Å². The van der Waals surface area contributed by atoms with Gasteiger partial charge in [-0.25, -0.2) is 0 Å². The average Bonchev–Trinajstić information content (AvgIpc) is 2.22. The summed E-state index contributed by atoms with van der Waals surface area (Å²) in [4.78, 5) is 0. The van der Waals surface area contributed by atoms with Crippen molar-refractivity contribution in [1.82, 2.24) is 0 Å². The Balaban J connectivity index is 3.47. The Kier molecular flexibility index (Phi) is 4.06. The number of rotatable bonds is 2. The third kappa shape index (κ3) is 2.91. The lowest BCUT2D eigenvalue weighted by Crippen LogP contribution is -2.14. The molecule has 0 heteroatoms. The molecule has 1 rings (SSSR count). The molecule has 0 amide bonds. The standard InChI is InChI=1S/C17H28/c1-9-15-13(4)11(2)12(3)14(5)16(15)10-17(6,7)8/h9-10H2,1-8H3. The number of hydrogen-bond acceptors (Lipinski definition) is 0. The van der Waals surface area contributed by atoms with Crippen LogP contribution in [-0.4, -0.2) is 0 Å². The molecule has 0 atom stereocenters. The van der Waals surface area contributed by atoms with Crippen LogP contribution in [0.4, 0.5) is 0 Å². The maximum Gasteiger partial charge on any atom is -0.0224 e. The van der Waals surface area contributed by atoms with Crippen LogP contribution in [0.3, 0.4) is 0 Å². The summed E-state index contributed by atoms with van der Waals surface area (Å²) in [6.07, 6.45) is 2.34. The molecule has 0 aliphatic rings. The van der Waals surface area contributed by atoms with E-state index in [9.17, 15) is 0 Å². The highest BCUT2D eigenvalue weighted by Gasteiger charge is 2.19. The Morgan fingerprint density at radius 2 is 1.12 bits per heavy atom. The quantitative estimate of drug-likeness (QED) is 0.667. The summed E-state index contributed by atoms with van der Waals surface area (Å²) < 4.78 is 0. The Morgan fingerprint density at radius 3 is 1.47 bits per heavy atom. The van der Waals surface area contributed by atoms with Gasteiger partial charge in [0, 0.05) is 0 Å². The van der Waals surface area contributed by atoms with E-state index >= 15 is 0 Å². The van der Waals surface area contributed by atoms with Crippen LogP contribution >= 0.6 is 0 Å². The first-order chi connectivity index (χ1) is 7.69. The van der Waals surface area contributed by atoms with Gasteiger partial charge in [0.05, 0.1) is 0 Å². The third-order valence-electron chi connectivity index (χ3n) is 4.02. The van der Waals surface area contributed by atoms with Gasteiger partial charge in [0.1, 0.15) is 0 Å². The fourth-order valence-electron chi connectivity index (χ4n) is 2.72. The molecule has 0 saturated heterocycles. The molecule has 1 aromatic carbocycles. The fraction of sp³-hybridized carbons (Fsp3) is 0.647. The van der Waals surface area contributed by atoms with Crippen LogP contribution in [0.5, 0.6) is 0 Å². The van der Waals surface area contributed by atoms with Crippen molar-refractivity contribution < 1.29 is 0 Å². The zero-order valence-corrected chi connectivity index (χ0v) is 12.9. The van der Waals surface area contributed by atoms with E-state index < -0.39 is 0 Å². The molecule has 17 heavy (non-hydrogen) atoms. The second-order valence-electron chi connectivity index (χ2n) is 6.55. The summed E-state index contributed by atoms with van der Waals surface area (Å²) >= 11 is 0. The van der Waals surface area contributed by atoms with Crippen molar-refractivity contribution in [1.29, 1.82) is 0 Å². The summed E-state index contributed by atoms with van der Waals surface area (Å²) in [5.41, 5.74) is 9.54. The van der Waals surface area contributed by atoms with Crippen molar-refractivity contribution >= 4 is 0 Å². The second kappa shape index (κ2) is 4.84. The van der Waals surface area contributed by atoms with Crippen LogP contribution in [0.25, 0.3) is 0 Å². The lowest BCUT2D eigenvalue weighted by atomic mass is 9.80. The summed E-state index contributed by atoms with van der Waals surface area (Å²) in [5.74, 6) is 0. The van der Waals surface area contributed by atoms with Gasteiger partial charge in [-0.05, 0) is 79.3 Å². The van der Waals surface area contributed by atoms with Crippen molar-refractivity contribution in [3.63, 3.8) is 0 Å². The van der Waals surface area contributed by atoms with E-state index in [1.807, 2.05) is 0 Å². The smallest absolute Gasteiger partial charge is 0.0224 e. The van der Waals surface area contributed by atoms with E-state index in [-0.39, 0.29) is 0 Å². The molecule has 0 aromatic heterocycles. The minimum Gasteiger partial charge on any atom is -0.0613 e. The number of benzene rings is 1. The number of hydrogen-bond donors (Lipinski definition) is 0. The van der Waals surface area contributed by atoms with Gasteiger partial charge in [0.2, 0.25) is 0 Å². The summed E-state index contributed by atoms with van der Waals surface area (Å²) in [5, 5.41) is 0. The van der Waals surface area contributed by atoms with Gasteiger partial charge < -0.3 is 0 Å². The molecule has 0 fully saturated rings. The molecule has 0 radical (unpaired) electrons. The largest absolute Gasteiger partial charge is 0.0613 e. The lowest BCUT2D eigenvalue weighted by molar-refractivity contribution is 0.408. The first-order valence-corrected chi connectivity index (χ1v) is 6.77. The maximum atomic E-state index is 2.33. The van der Waals surface area contributed by atoms with E-state index in [0.29, 0.717) is 5.41 Å². The van der Waals surface area contributed by atoms with Crippen molar-refractivity contribution in [3.8, 4) is 0 Å². The van der Waals surface area contributed by atoms with E-state index in [0.717, 1.165) is 6.42 Å². The first-order valence-electron chi connectivity index (χ1n) is 6.77.